The first kappa shape index (κ1) is 72.4. The molecular formula is C88H108O8-4. The smallest absolute Gasteiger partial charge is 0.122 e. The molecule has 0 unspecified atom stereocenters. The van der Waals surface area contributed by atoms with Crippen LogP contribution in [0.2, 0.25) is 0 Å². The highest BCUT2D eigenvalue weighted by atomic mass is 16.3. The predicted molar refractivity (Wildman–Crippen MR) is 388 cm³/mol. The molecule has 9 rings (SSSR count). The molecule has 8 aromatic carbocycles. The molecule has 0 fully saturated rings. The number of hydrogen-bond acceptors (Lipinski definition) is 8. The van der Waals surface area contributed by atoms with E-state index in [4.69, 9.17) is 0 Å². The van der Waals surface area contributed by atoms with E-state index in [1.165, 1.54) is 0 Å². The summed E-state index contributed by atoms with van der Waals surface area (Å²) in [6.07, 6.45) is 0.738. The maximum absolute atomic E-state index is 15.4. The van der Waals surface area contributed by atoms with Crippen LogP contribution in [0, 0.1) is 0 Å². The first-order valence-electron chi connectivity index (χ1n) is 34.6. The SMILES string of the molecule is CC(C)(C)c1cc2c([O-])c(c1)Cc1cc(C(C)(C)C)cc(c1[O-])Cc1cc(C(C)(C)C)cc(c1O)Cc1cc(C(C)(C)C)cc(c1O)Cc1cc(C(C)(C)C)cc(c1O)Cc1cc(C(C)(C)C)cc(c1O)Cc1cc(C(C)(C)C)cc(c1[O-])Cc1cc(C(C)(C)C)cc(c1[O-])C2. The topological polar surface area (TPSA) is 173 Å². The first-order valence-corrected chi connectivity index (χ1v) is 34.6. The van der Waals surface area contributed by atoms with Gasteiger partial charge in [-0.1, -0.05) is 308 Å². The summed E-state index contributed by atoms with van der Waals surface area (Å²) in [4.78, 5) is 0. The molecule has 0 aliphatic heterocycles. The van der Waals surface area contributed by atoms with Crippen molar-refractivity contribution in [2.75, 3.05) is 0 Å². The van der Waals surface area contributed by atoms with Crippen LogP contribution in [-0.4, -0.2) is 20.4 Å². The number of phenolic OH excluding ortho intramolecular Hbond substituents is 4. The van der Waals surface area contributed by atoms with Crippen LogP contribution < -0.4 is 20.4 Å². The Labute approximate surface area is 575 Å². The van der Waals surface area contributed by atoms with Crippen molar-refractivity contribution in [3.63, 3.8) is 0 Å². The molecular weight excluding hydrogens is 1180 g/mol. The summed E-state index contributed by atoms with van der Waals surface area (Å²) in [6.45, 7) is 50.6. The zero-order chi connectivity index (χ0) is 71.4. The van der Waals surface area contributed by atoms with Crippen molar-refractivity contribution in [3.8, 4) is 46.0 Å². The van der Waals surface area contributed by atoms with E-state index in [1.54, 1.807) is 0 Å². The van der Waals surface area contributed by atoms with E-state index in [0.29, 0.717) is 89.0 Å². The fourth-order valence-corrected chi connectivity index (χ4v) is 13.3. The lowest BCUT2D eigenvalue weighted by Crippen LogP contribution is -2.18. The van der Waals surface area contributed by atoms with Gasteiger partial charge in [-0.15, -0.1) is 23.0 Å². The maximum atomic E-state index is 15.4. The van der Waals surface area contributed by atoms with E-state index < -0.39 is 32.5 Å². The lowest BCUT2D eigenvalue weighted by molar-refractivity contribution is -0.272. The summed E-state index contributed by atoms with van der Waals surface area (Å²) in [6, 6.07) is 31.5. The van der Waals surface area contributed by atoms with E-state index in [9.17, 15) is 20.4 Å². The number of fused-ring (bicyclic) bond motifs is 16. The monoisotopic (exact) mass is 1290 g/mol. The quantitative estimate of drug-likeness (QED) is 0.116. The van der Waals surface area contributed by atoms with Crippen molar-refractivity contribution < 1.29 is 40.9 Å². The van der Waals surface area contributed by atoms with Crippen LogP contribution in [0.1, 0.15) is 300 Å². The maximum Gasteiger partial charge on any atom is 0.122 e. The first-order chi connectivity index (χ1) is 43.9. The highest BCUT2D eigenvalue weighted by Crippen LogP contribution is 2.46. The van der Waals surface area contributed by atoms with Crippen molar-refractivity contribution >= 4 is 0 Å². The molecule has 8 aromatic rings. The molecule has 512 valence electrons. The summed E-state index contributed by atoms with van der Waals surface area (Å²) >= 11 is 0. The Bertz CT molecular complexity index is 3300. The molecule has 0 spiro atoms. The van der Waals surface area contributed by atoms with Gasteiger partial charge in [-0.25, -0.2) is 0 Å². The van der Waals surface area contributed by atoms with Gasteiger partial charge in [-0.3, -0.25) is 0 Å². The molecule has 8 heteroatoms. The molecule has 1 aliphatic carbocycles. The molecule has 0 heterocycles. The second kappa shape index (κ2) is 25.2. The molecule has 0 amide bonds. The van der Waals surface area contributed by atoms with Gasteiger partial charge in [0.25, 0.3) is 0 Å². The Balaban J connectivity index is 1.34. The van der Waals surface area contributed by atoms with Gasteiger partial charge in [0.2, 0.25) is 0 Å². The second-order valence-electron chi connectivity index (χ2n) is 36.5. The number of phenols is 4. The third-order valence-corrected chi connectivity index (χ3v) is 20.0. The number of benzene rings is 8. The minimum atomic E-state index is -0.429. The number of rotatable bonds is 0. The third-order valence-electron chi connectivity index (χ3n) is 20.0. The molecule has 0 aromatic heterocycles. The summed E-state index contributed by atoms with van der Waals surface area (Å²) < 4.78 is 0. The lowest BCUT2D eigenvalue weighted by Gasteiger charge is -2.31. The van der Waals surface area contributed by atoms with Crippen LogP contribution in [0.5, 0.6) is 46.0 Å². The molecule has 8 nitrogen and oxygen atoms in total. The van der Waals surface area contributed by atoms with Crippen LogP contribution in [-0.2, 0) is 94.7 Å². The van der Waals surface area contributed by atoms with E-state index in [-0.39, 0.29) is 108 Å². The Hall–Kier alpha value is -7.84. The molecule has 16 bridgehead atoms. The molecule has 0 saturated carbocycles. The van der Waals surface area contributed by atoms with Crippen LogP contribution in [0.4, 0.5) is 0 Å². The van der Waals surface area contributed by atoms with Gasteiger partial charge in [0.15, 0.2) is 0 Å². The molecule has 96 heavy (non-hydrogen) atoms. The van der Waals surface area contributed by atoms with Gasteiger partial charge in [-0.2, -0.15) is 0 Å². The van der Waals surface area contributed by atoms with Crippen molar-refractivity contribution in [3.05, 3.63) is 231 Å². The van der Waals surface area contributed by atoms with Gasteiger partial charge >= 0.3 is 0 Å². The van der Waals surface area contributed by atoms with Gasteiger partial charge in [0.1, 0.15) is 23.0 Å². The van der Waals surface area contributed by atoms with Crippen molar-refractivity contribution in [2.45, 2.75) is 261 Å². The minimum absolute atomic E-state index is 0.0250. The average molecular weight is 1290 g/mol. The van der Waals surface area contributed by atoms with Crippen molar-refractivity contribution in [1.82, 2.24) is 0 Å². The van der Waals surface area contributed by atoms with Crippen molar-refractivity contribution in [2.24, 2.45) is 0 Å². The normalized spacial score (nSPS) is 14.2. The Morgan fingerprint density at radius 2 is 0.260 bits per heavy atom. The van der Waals surface area contributed by atoms with Crippen LogP contribution >= 0.6 is 0 Å². The largest absolute Gasteiger partial charge is 0.872 e. The fraction of sp³-hybridized carbons (Fsp3) is 0.455. The van der Waals surface area contributed by atoms with Gasteiger partial charge in [0.05, 0.1) is 0 Å². The van der Waals surface area contributed by atoms with E-state index in [2.05, 4.69) is 166 Å². The van der Waals surface area contributed by atoms with E-state index in [1.807, 2.05) is 97.1 Å². The van der Waals surface area contributed by atoms with Crippen LogP contribution in [0.25, 0.3) is 0 Å². The Morgan fingerprint density at radius 3 is 0.365 bits per heavy atom. The fourth-order valence-electron chi connectivity index (χ4n) is 13.3. The van der Waals surface area contributed by atoms with E-state index in [0.717, 1.165) is 44.5 Å². The molecule has 1 aliphatic rings. The highest BCUT2D eigenvalue weighted by Gasteiger charge is 2.30. The number of hydrogen-bond donors (Lipinski definition) is 4. The summed E-state index contributed by atoms with van der Waals surface area (Å²) in [5.41, 5.74) is 12.5. The predicted octanol–water partition coefficient (Wildman–Crippen LogP) is 18.2. The zero-order valence-corrected chi connectivity index (χ0v) is 62.3. The average Bonchev–Trinajstić information content (AvgIpc) is 0.783. The summed E-state index contributed by atoms with van der Waals surface area (Å²) in [5, 5.41) is 113. The van der Waals surface area contributed by atoms with E-state index >= 15 is 20.4 Å². The minimum Gasteiger partial charge on any atom is -0.872 e. The summed E-state index contributed by atoms with van der Waals surface area (Å²) in [5.74, 6) is -0.785. The highest BCUT2D eigenvalue weighted by molar-refractivity contribution is 5.62. The molecule has 0 atom stereocenters. The standard InChI is InChI=1S/C88H112O8/c1-81(2,3)65-33-49-25-51-35-66(82(4,5)6)37-53(74(51)90)27-55-39-68(84(10,11)12)41-57(76(55)92)29-59-43-70(86(16,17)18)45-61(78(59)94)31-63-47-72(88(22,23)24)48-64(80(63)96)32-62-46-71(87(19,20)21)44-60(79(62)95)30-58-42-69(85(13,14)15)40-56(77(58)93)28-54-38-67(83(7,8)9)36-52(75(54)91)26-50(34-65)73(49)89/h33-48,89-96H,25-32H2,1-24H3/p-4. The Kier molecular flexibility index (Phi) is 19.0. The summed E-state index contributed by atoms with van der Waals surface area (Å²) in [7, 11) is 0. The number of aromatic hydroxyl groups is 4. The van der Waals surface area contributed by atoms with Gasteiger partial charge < -0.3 is 40.9 Å². The third kappa shape index (κ3) is 15.6. The molecule has 4 N–H and O–H groups in total. The zero-order valence-electron chi connectivity index (χ0n) is 62.3. The van der Waals surface area contributed by atoms with Gasteiger partial charge in [-0.05, 0) is 152 Å². The molecule has 0 saturated heterocycles. The van der Waals surface area contributed by atoms with Gasteiger partial charge in [0, 0.05) is 32.1 Å². The van der Waals surface area contributed by atoms with Crippen LogP contribution in [0.15, 0.2) is 97.1 Å². The second-order valence-corrected chi connectivity index (χ2v) is 36.5. The lowest BCUT2D eigenvalue weighted by atomic mass is 9.79. The van der Waals surface area contributed by atoms with Crippen LogP contribution in [0.3, 0.4) is 0 Å². The Morgan fingerprint density at radius 1 is 0.177 bits per heavy atom. The molecule has 0 radical (unpaired) electrons. The van der Waals surface area contributed by atoms with Crippen molar-refractivity contribution in [1.29, 1.82) is 0 Å².